The van der Waals surface area contributed by atoms with E-state index in [1.54, 1.807) is 11.3 Å². The maximum Gasteiger partial charge on any atom is 0.264 e. The molecule has 3 rings (SSSR count). The number of amides is 1. The van der Waals surface area contributed by atoms with Crippen molar-refractivity contribution in [1.82, 2.24) is 10.1 Å². The average molecular weight is 290 g/mol. The molecule has 3 heterocycles. The predicted octanol–water partition coefficient (Wildman–Crippen LogP) is 3.58. The molecule has 5 heteroatoms. The van der Waals surface area contributed by atoms with Gasteiger partial charge in [0.2, 0.25) is 0 Å². The van der Waals surface area contributed by atoms with Gasteiger partial charge in [-0.25, -0.2) is 0 Å². The fraction of sp³-hybridized carbons (Fsp3) is 0.467. The summed E-state index contributed by atoms with van der Waals surface area (Å²) in [4.78, 5) is 16.7. The fourth-order valence-electron chi connectivity index (χ4n) is 2.68. The lowest BCUT2D eigenvalue weighted by atomic mass is 10.1. The minimum absolute atomic E-state index is 0.0622. The summed E-state index contributed by atoms with van der Waals surface area (Å²) in [6.45, 7) is 4.79. The third kappa shape index (κ3) is 2.38. The average Bonchev–Trinajstić information content (AvgIpc) is 3.17. The van der Waals surface area contributed by atoms with Gasteiger partial charge in [0.05, 0.1) is 10.9 Å². The summed E-state index contributed by atoms with van der Waals surface area (Å²) in [6, 6.07) is 5.98. The van der Waals surface area contributed by atoms with E-state index < -0.39 is 0 Å². The molecule has 1 atom stereocenters. The molecule has 0 aromatic carbocycles. The molecule has 2 aromatic rings. The van der Waals surface area contributed by atoms with E-state index in [0.717, 1.165) is 42.1 Å². The number of aromatic nitrogens is 1. The minimum atomic E-state index is 0.0622. The van der Waals surface area contributed by atoms with Gasteiger partial charge < -0.3 is 9.42 Å². The lowest BCUT2D eigenvalue weighted by Gasteiger charge is -2.22. The van der Waals surface area contributed by atoms with Crippen LogP contribution in [0, 0.1) is 6.92 Å². The molecule has 0 aliphatic carbocycles. The molecule has 1 aliphatic heterocycles. The van der Waals surface area contributed by atoms with Crippen molar-refractivity contribution in [3.8, 4) is 0 Å². The van der Waals surface area contributed by atoms with E-state index in [2.05, 4.69) is 12.1 Å². The van der Waals surface area contributed by atoms with Crippen molar-refractivity contribution >= 4 is 17.2 Å². The van der Waals surface area contributed by atoms with E-state index in [-0.39, 0.29) is 11.9 Å². The summed E-state index contributed by atoms with van der Waals surface area (Å²) >= 11 is 1.60. The SMILES string of the molecule is CCc1ccc(C(=O)N2CCC[C@H]2c2cc(C)on2)s1. The summed E-state index contributed by atoms with van der Waals surface area (Å²) in [5, 5.41) is 4.08. The van der Waals surface area contributed by atoms with Crippen LogP contribution in [0.1, 0.15) is 51.8 Å². The first kappa shape index (κ1) is 13.4. The van der Waals surface area contributed by atoms with Crippen molar-refractivity contribution in [2.45, 2.75) is 39.2 Å². The molecule has 0 unspecified atom stereocenters. The van der Waals surface area contributed by atoms with Gasteiger partial charge in [0.1, 0.15) is 11.5 Å². The van der Waals surface area contributed by atoms with Crippen molar-refractivity contribution < 1.29 is 9.32 Å². The van der Waals surface area contributed by atoms with Crippen LogP contribution in [0.15, 0.2) is 22.7 Å². The van der Waals surface area contributed by atoms with Crippen molar-refractivity contribution in [2.24, 2.45) is 0 Å². The van der Waals surface area contributed by atoms with Crippen LogP contribution in [0.2, 0.25) is 0 Å². The van der Waals surface area contributed by atoms with Crippen LogP contribution in [-0.4, -0.2) is 22.5 Å². The molecule has 1 amide bonds. The summed E-state index contributed by atoms with van der Waals surface area (Å²) in [5.41, 5.74) is 0.876. The van der Waals surface area contributed by atoms with Crippen LogP contribution in [0.5, 0.6) is 0 Å². The molecule has 106 valence electrons. The molecule has 0 N–H and O–H groups in total. The number of nitrogens with zero attached hydrogens (tertiary/aromatic N) is 2. The van der Waals surface area contributed by atoms with Crippen molar-refractivity contribution in [3.63, 3.8) is 0 Å². The van der Waals surface area contributed by atoms with Gasteiger partial charge in [0.15, 0.2) is 0 Å². The van der Waals surface area contributed by atoms with Gasteiger partial charge in [-0.1, -0.05) is 12.1 Å². The molecular weight excluding hydrogens is 272 g/mol. The largest absolute Gasteiger partial charge is 0.361 e. The molecule has 0 spiro atoms. The number of carbonyl (C=O) groups is 1. The van der Waals surface area contributed by atoms with Crippen LogP contribution in [0.3, 0.4) is 0 Å². The smallest absolute Gasteiger partial charge is 0.264 e. The fourth-order valence-corrected chi connectivity index (χ4v) is 3.59. The van der Waals surface area contributed by atoms with Gasteiger partial charge in [0.25, 0.3) is 5.91 Å². The van der Waals surface area contributed by atoms with E-state index in [4.69, 9.17) is 4.52 Å². The Hall–Kier alpha value is -1.62. The first-order chi connectivity index (χ1) is 9.69. The van der Waals surface area contributed by atoms with E-state index in [1.165, 1.54) is 4.88 Å². The summed E-state index contributed by atoms with van der Waals surface area (Å²) in [7, 11) is 0. The minimum Gasteiger partial charge on any atom is -0.361 e. The molecule has 2 aromatic heterocycles. The molecule has 0 saturated carbocycles. The number of aryl methyl sites for hydroxylation is 2. The van der Waals surface area contributed by atoms with Crippen molar-refractivity contribution in [3.05, 3.63) is 39.4 Å². The zero-order valence-corrected chi connectivity index (χ0v) is 12.6. The molecule has 4 nitrogen and oxygen atoms in total. The predicted molar refractivity (Wildman–Crippen MR) is 77.9 cm³/mol. The number of rotatable bonds is 3. The highest BCUT2D eigenvalue weighted by Crippen LogP contribution is 2.33. The second-order valence-electron chi connectivity index (χ2n) is 5.14. The van der Waals surface area contributed by atoms with Gasteiger partial charge in [-0.2, -0.15) is 0 Å². The molecule has 0 bridgehead atoms. The van der Waals surface area contributed by atoms with Crippen LogP contribution in [-0.2, 0) is 6.42 Å². The van der Waals surface area contributed by atoms with E-state index in [9.17, 15) is 4.79 Å². The Labute approximate surface area is 122 Å². The zero-order chi connectivity index (χ0) is 14.1. The van der Waals surface area contributed by atoms with E-state index >= 15 is 0 Å². The second-order valence-corrected chi connectivity index (χ2v) is 6.31. The molecule has 1 saturated heterocycles. The van der Waals surface area contributed by atoms with Crippen LogP contribution in [0.4, 0.5) is 0 Å². The summed E-state index contributed by atoms with van der Waals surface area (Å²) < 4.78 is 5.15. The molecule has 0 radical (unpaired) electrons. The maximum absolute atomic E-state index is 12.6. The Morgan fingerprint density at radius 2 is 2.40 bits per heavy atom. The number of hydrogen-bond donors (Lipinski definition) is 0. The highest BCUT2D eigenvalue weighted by molar-refractivity contribution is 7.14. The number of thiophene rings is 1. The Morgan fingerprint density at radius 3 is 3.05 bits per heavy atom. The lowest BCUT2D eigenvalue weighted by Crippen LogP contribution is -2.30. The Kier molecular flexibility index (Phi) is 3.61. The molecule has 1 aliphatic rings. The molecule has 1 fully saturated rings. The van der Waals surface area contributed by atoms with Crippen LogP contribution in [0.25, 0.3) is 0 Å². The topological polar surface area (TPSA) is 46.3 Å². The first-order valence-electron chi connectivity index (χ1n) is 7.02. The second kappa shape index (κ2) is 5.40. The van der Waals surface area contributed by atoms with Gasteiger partial charge in [-0.3, -0.25) is 4.79 Å². The molecule has 20 heavy (non-hydrogen) atoms. The lowest BCUT2D eigenvalue weighted by molar-refractivity contribution is 0.0736. The first-order valence-corrected chi connectivity index (χ1v) is 7.83. The Bertz CT molecular complexity index is 617. The van der Waals surface area contributed by atoms with Crippen molar-refractivity contribution in [1.29, 1.82) is 0 Å². The highest BCUT2D eigenvalue weighted by Gasteiger charge is 2.33. The third-order valence-corrected chi connectivity index (χ3v) is 4.94. The van der Waals surface area contributed by atoms with E-state index in [1.807, 2.05) is 30.0 Å². The Balaban J connectivity index is 1.83. The van der Waals surface area contributed by atoms with Crippen LogP contribution >= 0.6 is 11.3 Å². The number of likely N-dealkylation sites (tertiary alicyclic amines) is 1. The summed E-state index contributed by atoms with van der Waals surface area (Å²) in [5.74, 6) is 0.918. The summed E-state index contributed by atoms with van der Waals surface area (Å²) in [6.07, 6.45) is 2.96. The number of hydrogen-bond acceptors (Lipinski definition) is 4. The maximum atomic E-state index is 12.6. The van der Waals surface area contributed by atoms with Gasteiger partial charge >= 0.3 is 0 Å². The van der Waals surface area contributed by atoms with Gasteiger partial charge in [-0.05, 0) is 38.3 Å². The Morgan fingerprint density at radius 1 is 1.55 bits per heavy atom. The monoisotopic (exact) mass is 290 g/mol. The zero-order valence-electron chi connectivity index (χ0n) is 11.8. The van der Waals surface area contributed by atoms with Gasteiger partial charge in [0, 0.05) is 17.5 Å². The molecular formula is C15H18N2O2S. The highest BCUT2D eigenvalue weighted by atomic mass is 32.1. The normalized spacial score (nSPS) is 18.7. The number of carbonyl (C=O) groups excluding carboxylic acids is 1. The quantitative estimate of drug-likeness (QED) is 0.868. The van der Waals surface area contributed by atoms with Crippen LogP contribution < -0.4 is 0 Å². The third-order valence-electron chi connectivity index (χ3n) is 3.72. The van der Waals surface area contributed by atoms with E-state index in [0.29, 0.717) is 0 Å². The van der Waals surface area contributed by atoms with Crippen molar-refractivity contribution in [2.75, 3.05) is 6.54 Å². The van der Waals surface area contributed by atoms with Gasteiger partial charge in [-0.15, -0.1) is 11.3 Å². The standard InChI is InChI=1S/C15H18N2O2S/c1-3-11-6-7-14(20-11)15(18)17-8-4-5-13(17)12-9-10(2)19-16-12/h6-7,9,13H,3-5,8H2,1-2H3/t13-/m0/s1.